The normalized spacial score (nSPS) is 22.1. The Morgan fingerprint density at radius 2 is 1.75 bits per heavy atom. The van der Waals surface area contributed by atoms with E-state index in [1.165, 1.54) is 12.8 Å². The van der Waals surface area contributed by atoms with Crippen molar-refractivity contribution in [3.63, 3.8) is 0 Å². The Bertz CT molecular complexity index is 349. The number of amides is 3. The standard InChI is InChI=1S/C14H24N2O4/c1-10-5-7-11(8-6-10)9-15-14(20)16-12(17)3-2-4-13(18)19/h10-11H,2-9H2,1H3,(H,18,19)(H2,15,16,17,20). The van der Waals surface area contributed by atoms with Crippen LogP contribution in [0.1, 0.15) is 51.9 Å². The van der Waals surface area contributed by atoms with E-state index in [0.717, 1.165) is 18.8 Å². The average molecular weight is 284 g/mol. The maximum Gasteiger partial charge on any atom is 0.321 e. The van der Waals surface area contributed by atoms with Gasteiger partial charge in [-0.15, -0.1) is 0 Å². The smallest absolute Gasteiger partial charge is 0.321 e. The summed E-state index contributed by atoms with van der Waals surface area (Å²) < 4.78 is 0. The Labute approximate surface area is 119 Å². The molecule has 0 radical (unpaired) electrons. The zero-order chi connectivity index (χ0) is 15.0. The van der Waals surface area contributed by atoms with Gasteiger partial charge >= 0.3 is 12.0 Å². The van der Waals surface area contributed by atoms with E-state index >= 15 is 0 Å². The van der Waals surface area contributed by atoms with Crippen LogP contribution in [0.5, 0.6) is 0 Å². The van der Waals surface area contributed by atoms with Crippen LogP contribution in [0.15, 0.2) is 0 Å². The van der Waals surface area contributed by atoms with Crippen LogP contribution in [-0.4, -0.2) is 29.6 Å². The Kier molecular flexibility index (Phi) is 7.04. The lowest BCUT2D eigenvalue weighted by Gasteiger charge is -2.26. The number of carbonyl (C=O) groups excluding carboxylic acids is 2. The lowest BCUT2D eigenvalue weighted by Crippen LogP contribution is -2.41. The summed E-state index contributed by atoms with van der Waals surface area (Å²) in [4.78, 5) is 33.2. The molecule has 0 bridgehead atoms. The fraction of sp³-hybridized carbons (Fsp3) is 0.786. The highest BCUT2D eigenvalue weighted by Gasteiger charge is 2.18. The van der Waals surface area contributed by atoms with E-state index in [2.05, 4.69) is 17.6 Å². The monoisotopic (exact) mass is 284 g/mol. The summed E-state index contributed by atoms with van der Waals surface area (Å²) in [5.74, 6) is -0.0928. The summed E-state index contributed by atoms with van der Waals surface area (Å²) in [5, 5.41) is 13.4. The number of carboxylic acids is 1. The number of rotatable bonds is 6. The molecule has 6 heteroatoms. The minimum atomic E-state index is -0.936. The van der Waals surface area contributed by atoms with Crippen molar-refractivity contribution < 1.29 is 19.5 Å². The Morgan fingerprint density at radius 1 is 1.10 bits per heavy atom. The number of hydrogen-bond donors (Lipinski definition) is 3. The van der Waals surface area contributed by atoms with Crippen LogP contribution in [0.4, 0.5) is 4.79 Å². The first-order valence-corrected chi connectivity index (χ1v) is 7.27. The molecule has 0 saturated heterocycles. The number of urea groups is 1. The second kappa shape index (κ2) is 8.55. The minimum absolute atomic E-state index is 0.0562. The van der Waals surface area contributed by atoms with E-state index in [-0.39, 0.29) is 19.3 Å². The van der Waals surface area contributed by atoms with Gasteiger partial charge in [0.05, 0.1) is 0 Å². The van der Waals surface area contributed by atoms with Gasteiger partial charge in [0, 0.05) is 19.4 Å². The predicted octanol–water partition coefficient (Wildman–Crippen LogP) is 1.89. The molecule has 20 heavy (non-hydrogen) atoms. The van der Waals surface area contributed by atoms with E-state index in [4.69, 9.17) is 5.11 Å². The third-order valence-corrected chi connectivity index (χ3v) is 3.73. The van der Waals surface area contributed by atoms with Gasteiger partial charge in [0.15, 0.2) is 0 Å². The maximum absolute atomic E-state index is 11.5. The summed E-state index contributed by atoms with van der Waals surface area (Å²) in [5.41, 5.74) is 0. The van der Waals surface area contributed by atoms with Crippen molar-refractivity contribution in [1.82, 2.24) is 10.6 Å². The molecule has 1 aliphatic carbocycles. The average Bonchev–Trinajstić information content (AvgIpc) is 2.37. The summed E-state index contributed by atoms with van der Waals surface area (Å²) in [6, 6.07) is -0.482. The predicted molar refractivity (Wildman–Crippen MR) is 74.2 cm³/mol. The van der Waals surface area contributed by atoms with Crippen molar-refractivity contribution in [3.8, 4) is 0 Å². The molecule has 0 aliphatic heterocycles. The van der Waals surface area contributed by atoms with Crippen LogP contribution >= 0.6 is 0 Å². The molecule has 0 spiro atoms. The van der Waals surface area contributed by atoms with Gasteiger partial charge in [-0.3, -0.25) is 14.9 Å². The van der Waals surface area contributed by atoms with Crippen molar-refractivity contribution in [2.24, 2.45) is 11.8 Å². The Hall–Kier alpha value is -1.59. The molecular formula is C14H24N2O4. The maximum atomic E-state index is 11.5. The Balaban J connectivity index is 2.10. The zero-order valence-corrected chi connectivity index (χ0v) is 12.0. The van der Waals surface area contributed by atoms with E-state index in [0.29, 0.717) is 12.5 Å². The number of carbonyl (C=O) groups is 3. The fourth-order valence-electron chi connectivity index (χ4n) is 2.40. The molecule has 0 aromatic carbocycles. The van der Waals surface area contributed by atoms with Crippen molar-refractivity contribution in [3.05, 3.63) is 0 Å². The second-order valence-corrected chi connectivity index (χ2v) is 5.63. The quantitative estimate of drug-likeness (QED) is 0.694. The molecule has 1 saturated carbocycles. The van der Waals surface area contributed by atoms with Crippen molar-refractivity contribution in [2.75, 3.05) is 6.54 Å². The van der Waals surface area contributed by atoms with Crippen LogP contribution < -0.4 is 10.6 Å². The SMILES string of the molecule is CC1CCC(CNC(=O)NC(=O)CCCC(=O)O)CC1. The van der Waals surface area contributed by atoms with Gasteiger partial charge in [0.2, 0.25) is 5.91 Å². The molecule has 0 aromatic rings. The summed E-state index contributed by atoms with van der Waals surface area (Å²) in [6.45, 7) is 2.84. The van der Waals surface area contributed by atoms with Gasteiger partial charge in [0.1, 0.15) is 0 Å². The highest BCUT2D eigenvalue weighted by atomic mass is 16.4. The van der Waals surface area contributed by atoms with Crippen molar-refractivity contribution >= 4 is 17.9 Å². The third-order valence-electron chi connectivity index (χ3n) is 3.73. The van der Waals surface area contributed by atoms with E-state index in [9.17, 15) is 14.4 Å². The lowest BCUT2D eigenvalue weighted by molar-refractivity contribution is -0.137. The number of imide groups is 1. The summed E-state index contributed by atoms with van der Waals surface area (Å²) in [7, 11) is 0. The molecule has 0 aromatic heterocycles. The molecule has 0 unspecified atom stereocenters. The molecule has 3 N–H and O–H groups in total. The van der Waals surface area contributed by atoms with E-state index in [1.807, 2.05) is 0 Å². The number of nitrogens with one attached hydrogen (secondary N) is 2. The number of aliphatic carboxylic acids is 1. The zero-order valence-electron chi connectivity index (χ0n) is 12.0. The first-order chi connectivity index (χ1) is 9.47. The van der Waals surface area contributed by atoms with E-state index < -0.39 is 17.9 Å². The first-order valence-electron chi connectivity index (χ1n) is 7.27. The Morgan fingerprint density at radius 3 is 2.35 bits per heavy atom. The van der Waals surface area contributed by atoms with Crippen LogP contribution in [0.3, 0.4) is 0 Å². The van der Waals surface area contributed by atoms with Crippen LogP contribution in [0.2, 0.25) is 0 Å². The molecule has 114 valence electrons. The van der Waals surface area contributed by atoms with Crippen LogP contribution in [0, 0.1) is 11.8 Å². The molecule has 6 nitrogen and oxygen atoms in total. The number of hydrogen-bond acceptors (Lipinski definition) is 3. The van der Waals surface area contributed by atoms with E-state index in [1.54, 1.807) is 0 Å². The van der Waals surface area contributed by atoms with Gasteiger partial charge in [0.25, 0.3) is 0 Å². The molecule has 3 amide bonds. The molecule has 1 aliphatic rings. The molecule has 0 heterocycles. The number of carboxylic acid groups (broad SMARTS) is 1. The third kappa shape index (κ3) is 7.11. The molecular weight excluding hydrogens is 260 g/mol. The lowest BCUT2D eigenvalue weighted by atomic mass is 9.83. The second-order valence-electron chi connectivity index (χ2n) is 5.63. The summed E-state index contributed by atoms with van der Waals surface area (Å²) in [6.07, 6.45) is 4.87. The minimum Gasteiger partial charge on any atom is -0.481 e. The molecule has 1 rings (SSSR count). The van der Waals surface area contributed by atoms with Gasteiger partial charge in [-0.25, -0.2) is 4.79 Å². The first kappa shape index (κ1) is 16.5. The van der Waals surface area contributed by atoms with Crippen molar-refractivity contribution in [2.45, 2.75) is 51.9 Å². The van der Waals surface area contributed by atoms with Gasteiger partial charge < -0.3 is 10.4 Å². The molecule has 0 atom stereocenters. The highest BCUT2D eigenvalue weighted by molar-refractivity contribution is 5.94. The van der Waals surface area contributed by atoms with Crippen molar-refractivity contribution in [1.29, 1.82) is 0 Å². The molecule has 1 fully saturated rings. The van der Waals surface area contributed by atoms with Crippen LogP contribution in [-0.2, 0) is 9.59 Å². The van der Waals surface area contributed by atoms with Crippen LogP contribution in [0.25, 0.3) is 0 Å². The highest BCUT2D eigenvalue weighted by Crippen LogP contribution is 2.27. The summed E-state index contributed by atoms with van der Waals surface area (Å²) >= 11 is 0. The topological polar surface area (TPSA) is 95.5 Å². The fourth-order valence-corrected chi connectivity index (χ4v) is 2.40. The van der Waals surface area contributed by atoms with Gasteiger partial charge in [-0.2, -0.15) is 0 Å². The largest absolute Gasteiger partial charge is 0.481 e. The van der Waals surface area contributed by atoms with Gasteiger partial charge in [-0.05, 0) is 31.1 Å². The van der Waals surface area contributed by atoms with Gasteiger partial charge in [-0.1, -0.05) is 19.8 Å².